The summed E-state index contributed by atoms with van der Waals surface area (Å²) < 4.78 is 45.9. The molecule has 3 rings (SSSR count). The fourth-order valence-corrected chi connectivity index (χ4v) is 2.75. The lowest BCUT2D eigenvalue weighted by Gasteiger charge is -2.18. The van der Waals surface area contributed by atoms with E-state index in [1.165, 1.54) is 38.2 Å². The third-order valence-corrected chi connectivity index (χ3v) is 4.19. The molecule has 0 radical (unpaired) electrons. The average Bonchev–Trinajstić information content (AvgIpc) is 2.97. The zero-order valence-corrected chi connectivity index (χ0v) is 14.4. The van der Waals surface area contributed by atoms with E-state index < -0.39 is 23.4 Å². The number of aryl methyl sites for hydroxylation is 1. The number of halogens is 4. The van der Waals surface area contributed by atoms with Crippen molar-refractivity contribution in [2.75, 3.05) is 11.9 Å². The van der Waals surface area contributed by atoms with E-state index in [0.29, 0.717) is 0 Å². The van der Waals surface area contributed by atoms with Gasteiger partial charge in [-0.25, -0.2) is 13.2 Å². The number of hydrogen-bond acceptors (Lipinski definition) is 3. The van der Waals surface area contributed by atoms with Gasteiger partial charge in [0, 0.05) is 18.8 Å². The van der Waals surface area contributed by atoms with Gasteiger partial charge in [-0.05, 0) is 31.2 Å². The monoisotopic (exact) mass is 380 g/mol. The Morgan fingerprint density at radius 3 is 2.50 bits per heavy atom. The molecule has 0 aliphatic rings. The van der Waals surface area contributed by atoms with E-state index in [1.54, 1.807) is 0 Å². The van der Waals surface area contributed by atoms with E-state index in [-0.39, 0.29) is 33.3 Å². The molecule has 1 amide bonds. The second-order valence-corrected chi connectivity index (χ2v) is 5.93. The summed E-state index contributed by atoms with van der Waals surface area (Å²) in [5.74, 6) is -3.30. The van der Waals surface area contributed by atoms with Crippen molar-refractivity contribution < 1.29 is 22.5 Å². The molecule has 3 aromatic rings. The molecule has 0 bridgehead atoms. The quantitative estimate of drug-likeness (QED) is 0.642. The van der Waals surface area contributed by atoms with Crippen LogP contribution in [0.1, 0.15) is 16.1 Å². The van der Waals surface area contributed by atoms with Crippen LogP contribution in [0.5, 0.6) is 0 Å². The van der Waals surface area contributed by atoms with Gasteiger partial charge in [0.1, 0.15) is 22.8 Å². The molecule has 0 spiro atoms. The minimum absolute atomic E-state index is 0.0239. The first-order chi connectivity index (χ1) is 12.3. The third kappa shape index (κ3) is 3.06. The molecule has 1 heterocycles. The number of aromatic nitrogens is 1. The predicted molar refractivity (Wildman–Crippen MR) is 90.7 cm³/mol. The van der Waals surface area contributed by atoms with Crippen molar-refractivity contribution in [3.05, 3.63) is 70.2 Å². The Bertz CT molecular complexity index is 984. The lowest BCUT2D eigenvalue weighted by Crippen LogP contribution is -2.27. The number of rotatable bonds is 3. The molecular weight excluding hydrogens is 369 g/mol. The summed E-state index contributed by atoms with van der Waals surface area (Å²) in [6.07, 6.45) is 0. The predicted octanol–water partition coefficient (Wildman–Crippen LogP) is 5.00. The van der Waals surface area contributed by atoms with Crippen molar-refractivity contribution in [2.45, 2.75) is 6.92 Å². The highest BCUT2D eigenvalue weighted by molar-refractivity contribution is 6.33. The maximum Gasteiger partial charge on any atom is 0.263 e. The van der Waals surface area contributed by atoms with Crippen LogP contribution in [0.2, 0.25) is 5.02 Å². The Kier molecular flexibility index (Phi) is 4.73. The maximum atomic E-state index is 14.2. The van der Waals surface area contributed by atoms with E-state index in [1.807, 2.05) is 0 Å². The molecule has 8 heteroatoms. The molecule has 0 aliphatic heterocycles. The summed E-state index contributed by atoms with van der Waals surface area (Å²) >= 11 is 6.05. The van der Waals surface area contributed by atoms with E-state index >= 15 is 0 Å². The van der Waals surface area contributed by atoms with Gasteiger partial charge >= 0.3 is 0 Å². The zero-order chi connectivity index (χ0) is 19.0. The van der Waals surface area contributed by atoms with E-state index in [0.717, 1.165) is 17.0 Å². The molecule has 0 aliphatic carbocycles. The van der Waals surface area contributed by atoms with Crippen LogP contribution in [0, 0.1) is 24.4 Å². The second kappa shape index (κ2) is 6.84. The fourth-order valence-electron chi connectivity index (χ4n) is 2.50. The average molecular weight is 381 g/mol. The van der Waals surface area contributed by atoms with E-state index in [9.17, 15) is 18.0 Å². The molecule has 26 heavy (non-hydrogen) atoms. The molecule has 0 N–H and O–H groups in total. The van der Waals surface area contributed by atoms with Gasteiger partial charge in [0.2, 0.25) is 0 Å². The van der Waals surface area contributed by atoms with Crippen LogP contribution in [-0.4, -0.2) is 18.1 Å². The Morgan fingerprint density at radius 1 is 1.12 bits per heavy atom. The molecule has 0 unspecified atom stereocenters. The number of benzene rings is 2. The highest BCUT2D eigenvalue weighted by Gasteiger charge is 2.28. The van der Waals surface area contributed by atoms with Crippen molar-refractivity contribution in [1.29, 1.82) is 0 Å². The van der Waals surface area contributed by atoms with Crippen molar-refractivity contribution in [3.8, 4) is 11.3 Å². The largest absolute Gasteiger partial charge is 0.360 e. The molecule has 134 valence electrons. The van der Waals surface area contributed by atoms with Crippen LogP contribution in [0.3, 0.4) is 0 Å². The number of amides is 1. The minimum Gasteiger partial charge on any atom is -0.360 e. The van der Waals surface area contributed by atoms with Gasteiger partial charge in [0.15, 0.2) is 11.6 Å². The van der Waals surface area contributed by atoms with Crippen LogP contribution in [0.4, 0.5) is 18.9 Å². The summed E-state index contributed by atoms with van der Waals surface area (Å²) in [7, 11) is 1.37. The summed E-state index contributed by atoms with van der Waals surface area (Å²) in [6.45, 7) is 1.48. The fraction of sp³-hybridized carbons (Fsp3) is 0.111. The highest BCUT2D eigenvalue weighted by Crippen LogP contribution is 2.34. The minimum atomic E-state index is -1.10. The van der Waals surface area contributed by atoms with Crippen molar-refractivity contribution in [2.24, 2.45) is 0 Å². The first-order valence-corrected chi connectivity index (χ1v) is 7.82. The summed E-state index contributed by atoms with van der Waals surface area (Å²) in [5.41, 5.74) is -0.0533. The maximum absolute atomic E-state index is 14.2. The van der Waals surface area contributed by atoms with Gasteiger partial charge in [-0.3, -0.25) is 4.79 Å². The highest BCUT2D eigenvalue weighted by atomic mass is 35.5. The zero-order valence-electron chi connectivity index (χ0n) is 13.7. The number of carbonyl (C=O) groups is 1. The SMILES string of the molecule is Cc1onc(-c2c(F)cccc2Cl)c1C(=O)N(C)c1ccc(F)c(F)c1. The number of nitrogens with zero attached hydrogens (tertiary/aromatic N) is 2. The van der Waals surface area contributed by atoms with Crippen LogP contribution in [0.25, 0.3) is 11.3 Å². The molecule has 2 aromatic carbocycles. The van der Waals surface area contributed by atoms with Crippen LogP contribution in [0.15, 0.2) is 40.9 Å². The smallest absolute Gasteiger partial charge is 0.263 e. The lowest BCUT2D eigenvalue weighted by atomic mass is 10.0. The Labute approximate surface area is 151 Å². The molecule has 0 saturated carbocycles. The van der Waals surface area contributed by atoms with Crippen molar-refractivity contribution in [1.82, 2.24) is 5.16 Å². The van der Waals surface area contributed by atoms with Gasteiger partial charge in [-0.1, -0.05) is 22.8 Å². The number of carbonyl (C=O) groups excluding carboxylic acids is 1. The molecule has 1 aromatic heterocycles. The Balaban J connectivity index is 2.08. The summed E-state index contributed by atoms with van der Waals surface area (Å²) in [6, 6.07) is 7.09. The summed E-state index contributed by atoms with van der Waals surface area (Å²) in [5, 5.41) is 3.81. The molecular formula is C18H12ClF3N2O2. The van der Waals surface area contributed by atoms with Crippen LogP contribution in [-0.2, 0) is 0 Å². The topological polar surface area (TPSA) is 46.3 Å². The molecule has 0 fully saturated rings. The van der Waals surface area contributed by atoms with Gasteiger partial charge in [-0.15, -0.1) is 0 Å². The molecule has 4 nitrogen and oxygen atoms in total. The standard InChI is InChI=1S/C18H12ClF3N2O2/c1-9-15(17(23-26-9)16-11(19)4-3-5-13(16)21)18(25)24(2)10-6-7-12(20)14(22)8-10/h3-8H,1-2H3. The van der Waals surface area contributed by atoms with Gasteiger partial charge in [0.05, 0.1) is 10.6 Å². The van der Waals surface area contributed by atoms with Gasteiger partial charge in [-0.2, -0.15) is 0 Å². The van der Waals surface area contributed by atoms with Crippen molar-refractivity contribution >= 4 is 23.2 Å². The molecule has 0 saturated heterocycles. The van der Waals surface area contributed by atoms with Gasteiger partial charge in [0.25, 0.3) is 5.91 Å². The van der Waals surface area contributed by atoms with E-state index in [4.69, 9.17) is 16.1 Å². The third-order valence-electron chi connectivity index (χ3n) is 3.87. The lowest BCUT2D eigenvalue weighted by molar-refractivity contribution is 0.0992. The first kappa shape index (κ1) is 18.0. The van der Waals surface area contributed by atoms with Crippen molar-refractivity contribution in [3.63, 3.8) is 0 Å². The number of hydrogen-bond donors (Lipinski definition) is 0. The Morgan fingerprint density at radius 2 is 1.85 bits per heavy atom. The second-order valence-electron chi connectivity index (χ2n) is 5.52. The van der Waals surface area contributed by atoms with Crippen LogP contribution >= 0.6 is 11.6 Å². The first-order valence-electron chi connectivity index (χ1n) is 7.45. The number of anilines is 1. The van der Waals surface area contributed by atoms with E-state index in [2.05, 4.69) is 5.16 Å². The van der Waals surface area contributed by atoms with Gasteiger partial charge < -0.3 is 9.42 Å². The summed E-state index contributed by atoms with van der Waals surface area (Å²) in [4.78, 5) is 14.0. The Hall–Kier alpha value is -2.80. The molecule has 0 atom stereocenters. The van der Waals surface area contributed by atoms with Crippen LogP contribution < -0.4 is 4.90 Å². The normalized spacial score (nSPS) is 10.8.